The highest BCUT2D eigenvalue weighted by Gasteiger charge is 2.30. The van der Waals surface area contributed by atoms with Gasteiger partial charge in [0.2, 0.25) is 0 Å². The van der Waals surface area contributed by atoms with Crippen LogP contribution in [0.5, 0.6) is 5.75 Å². The molecule has 4 rings (SSSR count). The van der Waals surface area contributed by atoms with E-state index in [4.69, 9.17) is 0 Å². The number of carbonyl (C=O) groups is 1. The number of sulfonamides is 1. The van der Waals surface area contributed by atoms with Gasteiger partial charge in [-0.1, -0.05) is 24.3 Å². The van der Waals surface area contributed by atoms with Gasteiger partial charge in [0.1, 0.15) is 5.75 Å². The highest BCUT2D eigenvalue weighted by molar-refractivity contribution is 7.92. The third-order valence-electron chi connectivity index (χ3n) is 5.55. The average Bonchev–Trinajstić information content (AvgIpc) is 2.90. The van der Waals surface area contributed by atoms with Crippen molar-refractivity contribution in [1.29, 1.82) is 0 Å². The Balaban J connectivity index is 1.47. The molecule has 3 N–H and O–H groups in total. The molecule has 0 aromatic heterocycles. The number of nitrogens with zero attached hydrogens (tertiary/aromatic N) is 1. The number of phenolic OH excluding ortho intramolecular Hbond substituents is 1. The molecule has 1 amide bonds. The smallest absolute Gasteiger partial charge is 0.416 e. The first kappa shape index (κ1) is 27.1. The standard InChI is InChI=1S/C26H18F3N3O6S/c27-26(28,29)19-7-5-17(6-8-19)16-1-3-18(4-2-16)25(34)30-20-9-14-24(33)23(15-20)31-39(37,38)22-12-10-21(11-13-22)32(35)36/h1-15,31,33H,(H,30,34). The summed E-state index contributed by atoms with van der Waals surface area (Å²) in [5.41, 5.74) is 0.160. The number of phenols is 1. The maximum absolute atomic E-state index is 12.8. The third kappa shape index (κ3) is 6.33. The number of anilines is 2. The molecule has 39 heavy (non-hydrogen) atoms. The number of aromatic hydroxyl groups is 1. The second-order valence-corrected chi connectivity index (χ2v) is 9.88. The van der Waals surface area contributed by atoms with Crippen LogP contribution >= 0.6 is 0 Å². The van der Waals surface area contributed by atoms with E-state index < -0.39 is 38.3 Å². The number of amides is 1. The van der Waals surface area contributed by atoms with Crippen LogP contribution in [0.1, 0.15) is 15.9 Å². The van der Waals surface area contributed by atoms with Crippen molar-refractivity contribution in [2.24, 2.45) is 0 Å². The van der Waals surface area contributed by atoms with Crippen LogP contribution in [-0.2, 0) is 16.2 Å². The lowest BCUT2D eigenvalue weighted by Crippen LogP contribution is -2.14. The monoisotopic (exact) mass is 557 g/mol. The van der Waals surface area contributed by atoms with E-state index in [0.717, 1.165) is 42.5 Å². The predicted molar refractivity (Wildman–Crippen MR) is 137 cm³/mol. The van der Waals surface area contributed by atoms with E-state index in [1.807, 2.05) is 0 Å². The number of nitro groups is 1. The van der Waals surface area contributed by atoms with Gasteiger partial charge in [-0.3, -0.25) is 19.6 Å². The first-order valence-electron chi connectivity index (χ1n) is 11.0. The summed E-state index contributed by atoms with van der Waals surface area (Å²) in [6.45, 7) is 0. The van der Waals surface area contributed by atoms with Gasteiger partial charge in [-0.05, 0) is 65.7 Å². The molecule has 0 saturated carbocycles. The molecule has 0 aliphatic carbocycles. The first-order chi connectivity index (χ1) is 18.3. The van der Waals surface area contributed by atoms with Crippen LogP contribution in [-0.4, -0.2) is 24.4 Å². The van der Waals surface area contributed by atoms with E-state index in [1.165, 1.54) is 36.4 Å². The maximum Gasteiger partial charge on any atom is 0.416 e. The predicted octanol–water partition coefficient (Wildman–Crippen LogP) is 6.04. The Bertz CT molecular complexity index is 1640. The van der Waals surface area contributed by atoms with Crippen molar-refractivity contribution >= 4 is 33.0 Å². The summed E-state index contributed by atoms with van der Waals surface area (Å²) in [6, 6.07) is 18.5. The lowest BCUT2D eigenvalue weighted by Gasteiger charge is -2.12. The number of carbonyl (C=O) groups excluding carboxylic acids is 1. The number of hydrogen-bond donors (Lipinski definition) is 3. The number of alkyl halides is 3. The van der Waals surface area contributed by atoms with E-state index in [9.17, 15) is 41.6 Å². The highest BCUT2D eigenvalue weighted by Crippen LogP contribution is 2.32. The Morgan fingerprint density at radius 2 is 1.41 bits per heavy atom. The Kier molecular flexibility index (Phi) is 7.27. The van der Waals surface area contributed by atoms with Gasteiger partial charge in [0, 0.05) is 23.4 Å². The van der Waals surface area contributed by atoms with Crippen molar-refractivity contribution in [2.75, 3.05) is 10.0 Å². The van der Waals surface area contributed by atoms with Crippen molar-refractivity contribution in [3.8, 4) is 16.9 Å². The Morgan fingerprint density at radius 3 is 1.95 bits per heavy atom. The maximum atomic E-state index is 12.8. The van der Waals surface area contributed by atoms with E-state index >= 15 is 0 Å². The molecule has 0 aliphatic rings. The summed E-state index contributed by atoms with van der Waals surface area (Å²) < 4.78 is 65.8. The molecule has 0 saturated heterocycles. The van der Waals surface area contributed by atoms with Crippen LogP contribution in [0.15, 0.2) is 95.9 Å². The topological polar surface area (TPSA) is 139 Å². The van der Waals surface area contributed by atoms with E-state index in [2.05, 4.69) is 10.0 Å². The molecule has 200 valence electrons. The van der Waals surface area contributed by atoms with Crippen LogP contribution in [0, 0.1) is 10.1 Å². The largest absolute Gasteiger partial charge is 0.506 e. The van der Waals surface area contributed by atoms with Gasteiger partial charge in [0.05, 0.1) is 21.1 Å². The fourth-order valence-electron chi connectivity index (χ4n) is 3.52. The molecule has 0 aliphatic heterocycles. The van der Waals surface area contributed by atoms with Crippen molar-refractivity contribution in [3.63, 3.8) is 0 Å². The van der Waals surface area contributed by atoms with E-state index in [0.29, 0.717) is 11.1 Å². The molecule has 9 nitrogen and oxygen atoms in total. The number of nitro benzene ring substituents is 1. The van der Waals surface area contributed by atoms with Crippen molar-refractivity contribution < 1.29 is 36.4 Å². The lowest BCUT2D eigenvalue weighted by molar-refractivity contribution is -0.384. The van der Waals surface area contributed by atoms with Crippen molar-refractivity contribution in [3.05, 3.63) is 112 Å². The molecule has 0 heterocycles. The molecule has 0 spiro atoms. The fraction of sp³-hybridized carbons (Fsp3) is 0.0385. The Labute approximate surface area is 219 Å². The Hall–Kier alpha value is -4.91. The van der Waals surface area contributed by atoms with Crippen molar-refractivity contribution in [2.45, 2.75) is 11.1 Å². The van der Waals surface area contributed by atoms with Gasteiger partial charge >= 0.3 is 6.18 Å². The number of benzene rings is 4. The summed E-state index contributed by atoms with van der Waals surface area (Å²) in [7, 11) is -4.23. The molecule has 0 fully saturated rings. The van der Waals surface area contributed by atoms with Gasteiger partial charge in [0.15, 0.2) is 0 Å². The van der Waals surface area contributed by atoms with Gasteiger partial charge in [-0.15, -0.1) is 0 Å². The average molecular weight is 558 g/mol. The minimum Gasteiger partial charge on any atom is -0.506 e. The summed E-state index contributed by atoms with van der Waals surface area (Å²) >= 11 is 0. The van der Waals surface area contributed by atoms with Crippen molar-refractivity contribution in [1.82, 2.24) is 0 Å². The highest BCUT2D eigenvalue weighted by atomic mass is 32.2. The Morgan fingerprint density at radius 1 is 0.846 bits per heavy atom. The number of non-ortho nitro benzene ring substituents is 1. The summed E-state index contributed by atoms with van der Waals surface area (Å²) in [5.74, 6) is -0.997. The zero-order chi connectivity index (χ0) is 28.4. The molecule has 4 aromatic rings. The second kappa shape index (κ2) is 10.5. The molecule has 0 radical (unpaired) electrons. The van der Waals surface area contributed by atoms with Gasteiger partial charge < -0.3 is 10.4 Å². The number of hydrogen-bond acceptors (Lipinski definition) is 6. The van der Waals surface area contributed by atoms with E-state index in [1.54, 1.807) is 12.1 Å². The third-order valence-corrected chi connectivity index (χ3v) is 6.93. The molecular weight excluding hydrogens is 539 g/mol. The van der Waals surface area contributed by atoms with Gasteiger partial charge in [-0.25, -0.2) is 8.42 Å². The van der Waals surface area contributed by atoms with Crippen LogP contribution < -0.4 is 10.0 Å². The number of nitrogens with one attached hydrogen (secondary N) is 2. The van der Waals surface area contributed by atoms with Crippen LogP contribution in [0.4, 0.5) is 30.2 Å². The fourth-order valence-corrected chi connectivity index (χ4v) is 4.58. The normalized spacial score (nSPS) is 11.6. The molecule has 0 bridgehead atoms. The van der Waals surface area contributed by atoms with E-state index in [-0.39, 0.29) is 27.5 Å². The van der Waals surface area contributed by atoms with Gasteiger partial charge in [0.25, 0.3) is 21.6 Å². The number of halogens is 3. The molecule has 13 heteroatoms. The zero-order valence-corrected chi connectivity index (χ0v) is 20.5. The SMILES string of the molecule is O=C(Nc1ccc(O)c(NS(=O)(=O)c2ccc([N+](=O)[O-])cc2)c1)c1ccc(-c2ccc(C(F)(F)F)cc2)cc1. The summed E-state index contributed by atoms with van der Waals surface area (Å²) in [6.07, 6.45) is -4.45. The second-order valence-electron chi connectivity index (χ2n) is 8.20. The molecule has 0 unspecified atom stereocenters. The summed E-state index contributed by atoms with van der Waals surface area (Å²) in [4.78, 5) is 22.5. The molecule has 0 atom stereocenters. The first-order valence-corrected chi connectivity index (χ1v) is 12.5. The lowest BCUT2D eigenvalue weighted by atomic mass is 10.0. The quantitative estimate of drug-likeness (QED) is 0.110. The minimum atomic E-state index is -4.45. The molecular formula is C26H18F3N3O6S. The minimum absolute atomic E-state index is 0.144. The molecule has 4 aromatic carbocycles. The zero-order valence-electron chi connectivity index (χ0n) is 19.6. The van der Waals surface area contributed by atoms with Crippen LogP contribution in [0.25, 0.3) is 11.1 Å². The van der Waals surface area contributed by atoms with Gasteiger partial charge in [-0.2, -0.15) is 13.2 Å². The number of rotatable bonds is 7. The van der Waals surface area contributed by atoms with Crippen LogP contribution in [0.3, 0.4) is 0 Å². The van der Waals surface area contributed by atoms with Crippen LogP contribution in [0.2, 0.25) is 0 Å². The summed E-state index contributed by atoms with van der Waals surface area (Å²) in [5, 5.41) is 23.5.